The minimum absolute atomic E-state index is 0.0776. The van der Waals surface area contributed by atoms with Gasteiger partial charge in [-0.25, -0.2) is 4.39 Å². The van der Waals surface area contributed by atoms with Crippen molar-refractivity contribution < 1.29 is 13.7 Å². The molecule has 0 unspecified atom stereocenters. The lowest BCUT2D eigenvalue weighted by molar-refractivity contribution is 0.0937. The molecule has 0 bridgehead atoms. The molecule has 124 valence electrons. The molecule has 0 aliphatic rings. The normalized spacial score (nSPS) is 11.0. The summed E-state index contributed by atoms with van der Waals surface area (Å²) in [5.41, 5.74) is 1.28. The third kappa shape index (κ3) is 3.48. The molecule has 0 saturated heterocycles. The van der Waals surface area contributed by atoms with Gasteiger partial charge in [-0.3, -0.25) is 9.48 Å². The van der Waals surface area contributed by atoms with Crippen molar-refractivity contribution in [3.05, 3.63) is 53.7 Å². The van der Waals surface area contributed by atoms with Crippen molar-refractivity contribution in [1.29, 1.82) is 0 Å². The number of benzene rings is 1. The first-order valence-corrected chi connectivity index (χ1v) is 7.45. The number of hydrogen-bond donors (Lipinski definition) is 1. The van der Waals surface area contributed by atoms with Crippen molar-refractivity contribution in [2.75, 3.05) is 0 Å². The summed E-state index contributed by atoms with van der Waals surface area (Å²) in [5, 5.41) is 10.6. The lowest BCUT2D eigenvalue weighted by atomic mass is 10.2. The van der Waals surface area contributed by atoms with Gasteiger partial charge in [0.05, 0.1) is 0 Å². The number of carbonyl (C=O) groups is 1. The van der Waals surface area contributed by atoms with E-state index in [1.54, 1.807) is 29.1 Å². The van der Waals surface area contributed by atoms with Crippen LogP contribution in [0.3, 0.4) is 0 Å². The second-order valence-electron chi connectivity index (χ2n) is 5.51. The number of nitrogens with one attached hydrogen (secondary N) is 1. The second kappa shape index (κ2) is 6.61. The van der Waals surface area contributed by atoms with Gasteiger partial charge in [0, 0.05) is 18.8 Å². The van der Waals surface area contributed by atoms with Crippen LogP contribution < -0.4 is 5.32 Å². The highest BCUT2D eigenvalue weighted by atomic mass is 19.1. The molecule has 7 nitrogen and oxygen atoms in total. The summed E-state index contributed by atoms with van der Waals surface area (Å²) in [6.45, 7) is 4.24. The monoisotopic (exact) mass is 329 g/mol. The summed E-state index contributed by atoms with van der Waals surface area (Å²) in [4.78, 5) is 16.1. The molecule has 1 N–H and O–H groups in total. The van der Waals surface area contributed by atoms with Gasteiger partial charge in [0.25, 0.3) is 17.6 Å². The van der Waals surface area contributed by atoms with Crippen LogP contribution in [0.4, 0.5) is 4.39 Å². The van der Waals surface area contributed by atoms with Gasteiger partial charge < -0.3 is 9.84 Å². The van der Waals surface area contributed by atoms with Gasteiger partial charge in [-0.2, -0.15) is 10.1 Å². The number of rotatable bonds is 5. The maximum absolute atomic E-state index is 12.8. The van der Waals surface area contributed by atoms with Gasteiger partial charge in [-0.05, 0) is 37.6 Å². The van der Waals surface area contributed by atoms with E-state index in [4.69, 9.17) is 4.52 Å². The van der Waals surface area contributed by atoms with Crippen LogP contribution in [-0.2, 0) is 6.54 Å². The fourth-order valence-electron chi connectivity index (χ4n) is 2.02. The Morgan fingerprint density at radius 1 is 1.29 bits per heavy atom. The molecule has 0 spiro atoms. The molecule has 2 heterocycles. The number of halogens is 1. The minimum atomic E-state index is -0.474. The van der Waals surface area contributed by atoms with Gasteiger partial charge in [0.2, 0.25) is 0 Å². The zero-order chi connectivity index (χ0) is 17.1. The van der Waals surface area contributed by atoms with Crippen molar-refractivity contribution in [2.45, 2.75) is 26.4 Å². The predicted molar refractivity (Wildman–Crippen MR) is 83.5 cm³/mol. The molecule has 0 aliphatic carbocycles. The van der Waals surface area contributed by atoms with Crippen LogP contribution in [0.15, 0.2) is 41.1 Å². The van der Waals surface area contributed by atoms with Gasteiger partial charge in [0.1, 0.15) is 5.82 Å². The molecule has 24 heavy (non-hydrogen) atoms. The van der Waals surface area contributed by atoms with Crippen LogP contribution in [0.25, 0.3) is 11.6 Å². The molecule has 1 aromatic carbocycles. The molecule has 1 amide bonds. The van der Waals surface area contributed by atoms with Gasteiger partial charge in [-0.1, -0.05) is 17.3 Å². The number of aromatic nitrogens is 4. The Balaban J connectivity index is 1.65. The fourth-order valence-corrected chi connectivity index (χ4v) is 2.02. The molecule has 0 fully saturated rings. The van der Waals surface area contributed by atoms with E-state index in [0.717, 1.165) is 5.56 Å². The first kappa shape index (κ1) is 15.9. The zero-order valence-corrected chi connectivity index (χ0v) is 13.2. The SMILES string of the molecule is CC(C)n1ccc(-c2nc(C(=O)NCc3ccc(F)cc3)no2)n1. The first-order valence-electron chi connectivity index (χ1n) is 7.45. The molecular formula is C16H16FN5O2. The Morgan fingerprint density at radius 2 is 2.04 bits per heavy atom. The Hall–Kier alpha value is -3.03. The van der Waals surface area contributed by atoms with E-state index in [-0.39, 0.29) is 30.1 Å². The van der Waals surface area contributed by atoms with E-state index in [2.05, 4.69) is 20.6 Å². The van der Waals surface area contributed by atoms with Crippen LogP contribution in [0.2, 0.25) is 0 Å². The maximum Gasteiger partial charge on any atom is 0.292 e. The highest BCUT2D eigenvalue weighted by Crippen LogP contribution is 2.16. The molecule has 0 saturated carbocycles. The number of amides is 1. The lowest BCUT2D eigenvalue weighted by Gasteiger charge is -2.02. The second-order valence-corrected chi connectivity index (χ2v) is 5.51. The van der Waals surface area contributed by atoms with E-state index in [0.29, 0.717) is 5.69 Å². The summed E-state index contributed by atoms with van der Waals surface area (Å²) in [7, 11) is 0. The first-order chi connectivity index (χ1) is 11.5. The Labute approximate surface area is 137 Å². The summed E-state index contributed by atoms with van der Waals surface area (Å²) in [6.07, 6.45) is 1.80. The average molecular weight is 329 g/mol. The van der Waals surface area contributed by atoms with Gasteiger partial charge in [-0.15, -0.1) is 0 Å². The molecule has 0 aliphatic heterocycles. The maximum atomic E-state index is 12.8. The smallest absolute Gasteiger partial charge is 0.292 e. The molecule has 8 heteroatoms. The Morgan fingerprint density at radius 3 is 2.71 bits per heavy atom. The quantitative estimate of drug-likeness (QED) is 0.777. The molecule has 3 rings (SSSR count). The third-order valence-electron chi connectivity index (χ3n) is 3.35. The van der Waals surface area contributed by atoms with Crippen molar-refractivity contribution in [3.8, 4) is 11.6 Å². The zero-order valence-electron chi connectivity index (χ0n) is 13.2. The van der Waals surface area contributed by atoms with E-state index in [1.165, 1.54) is 12.1 Å². The number of hydrogen-bond acceptors (Lipinski definition) is 5. The number of nitrogens with zero attached hydrogens (tertiary/aromatic N) is 4. The number of carbonyl (C=O) groups excluding carboxylic acids is 1. The predicted octanol–water partition coefficient (Wildman–Crippen LogP) is 2.58. The highest BCUT2D eigenvalue weighted by Gasteiger charge is 2.17. The van der Waals surface area contributed by atoms with Crippen LogP contribution in [-0.4, -0.2) is 25.8 Å². The van der Waals surface area contributed by atoms with Crippen LogP contribution in [0.1, 0.15) is 36.1 Å². The average Bonchev–Trinajstić information content (AvgIpc) is 3.23. The third-order valence-corrected chi connectivity index (χ3v) is 3.35. The Kier molecular flexibility index (Phi) is 4.37. The summed E-state index contributed by atoms with van der Waals surface area (Å²) in [5.74, 6) is -0.695. The van der Waals surface area contributed by atoms with Crippen molar-refractivity contribution >= 4 is 5.91 Å². The Bertz CT molecular complexity index is 838. The fraction of sp³-hybridized carbons (Fsp3) is 0.250. The van der Waals surface area contributed by atoms with Crippen molar-refractivity contribution in [3.63, 3.8) is 0 Å². The van der Waals surface area contributed by atoms with E-state index in [9.17, 15) is 9.18 Å². The van der Waals surface area contributed by atoms with E-state index in [1.807, 2.05) is 13.8 Å². The van der Waals surface area contributed by atoms with Crippen LogP contribution in [0.5, 0.6) is 0 Å². The van der Waals surface area contributed by atoms with Crippen molar-refractivity contribution in [2.24, 2.45) is 0 Å². The highest BCUT2D eigenvalue weighted by molar-refractivity contribution is 5.90. The van der Waals surface area contributed by atoms with Crippen LogP contribution >= 0.6 is 0 Å². The summed E-state index contributed by atoms with van der Waals surface area (Å²) < 4.78 is 19.7. The molecule has 2 aromatic heterocycles. The van der Waals surface area contributed by atoms with E-state index < -0.39 is 5.91 Å². The standard InChI is InChI=1S/C16H16FN5O2/c1-10(2)22-8-7-13(20-22)16-19-14(21-24-16)15(23)18-9-11-3-5-12(17)6-4-11/h3-8,10H,9H2,1-2H3,(H,18,23). The largest absolute Gasteiger partial charge is 0.345 e. The van der Waals surface area contributed by atoms with Crippen LogP contribution in [0, 0.1) is 5.82 Å². The topological polar surface area (TPSA) is 85.8 Å². The lowest BCUT2D eigenvalue weighted by Crippen LogP contribution is -2.23. The summed E-state index contributed by atoms with van der Waals surface area (Å²) >= 11 is 0. The molecule has 3 aromatic rings. The van der Waals surface area contributed by atoms with Gasteiger partial charge in [0.15, 0.2) is 5.69 Å². The summed E-state index contributed by atoms with van der Waals surface area (Å²) in [6, 6.07) is 7.80. The molecular weight excluding hydrogens is 313 g/mol. The molecule has 0 atom stereocenters. The van der Waals surface area contributed by atoms with Crippen molar-refractivity contribution in [1.82, 2.24) is 25.2 Å². The van der Waals surface area contributed by atoms with E-state index >= 15 is 0 Å². The van der Waals surface area contributed by atoms with Gasteiger partial charge >= 0.3 is 0 Å². The minimum Gasteiger partial charge on any atom is -0.345 e. The molecule has 0 radical (unpaired) electrons.